The standard InChI is InChI=1S/C18H16FN4O7P/c1-10-21-22-17(29-10)16-5-2-11(7-20-16)14-4-3-12(6-15(14)19)23-8-13(30-18(23)24)9-28-31(25,26)27/h2-7,13H,8-9H2,1H3,(H2,25,26,27)/t13-/m1/s1. The third-order valence-electron chi connectivity index (χ3n) is 4.39. The number of hydrogen-bond donors (Lipinski definition) is 2. The zero-order chi connectivity index (χ0) is 22.2. The molecule has 0 unspecified atom stereocenters. The molecule has 4 rings (SSSR count). The predicted molar refractivity (Wildman–Crippen MR) is 103 cm³/mol. The van der Waals surface area contributed by atoms with Crippen LogP contribution >= 0.6 is 7.82 Å². The largest absolute Gasteiger partial charge is 0.469 e. The summed E-state index contributed by atoms with van der Waals surface area (Å²) in [6.45, 7) is 1.13. The van der Waals surface area contributed by atoms with Gasteiger partial charge in [0.05, 0.1) is 18.8 Å². The summed E-state index contributed by atoms with van der Waals surface area (Å²) in [4.78, 5) is 34.9. The Morgan fingerprint density at radius 2 is 2.10 bits per heavy atom. The molecule has 162 valence electrons. The summed E-state index contributed by atoms with van der Waals surface area (Å²) >= 11 is 0. The Morgan fingerprint density at radius 1 is 1.29 bits per heavy atom. The van der Waals surface area contributed by atoms with E-state index in [1.54, 1.807) is 19.1 Å². The number of pyridine rings is 1. The minimum atomic E-state index is -4.69. The molecule has 1 aliphatic rings. The number of ether oxygens (including phenoxy) is 1. The summed E-state index contributed by atoms with van der Waals surface area (Å²) in [6.07, 6.45) is -0.202. The van der Waals surface area contributed by atoms with Crippen molar-refractivity contribution in [2.24, 2.45) is 0 Å². The van der Waals surface area contributed by atoms with Gasteiger partial charge in [-0.25, -0.2) is 13.8 Å². The lowest BCUT2D eigenvalue weighted by atomic mass is 10.1. The number of hydrogen-bond acceptors (Lipinski definition) is 8. The van der Waals surface area contributed by atoms with E-state index in [2.05, 4.69) is 19.7 Å². The lowest BCUT2D eigenvalue weighted by Gasteiger charge is -2.14. The number of carbonyl (C=O) groups excluding carboxylic acids is 1. The van der Waals surface area contributed by atoms with Crippen LogP contribution in [0.1, 0.15) is 5.89 Å². The van der Waals surface area contributed by atoms with E-state index < -0.39 is 32.4 Å². The molecular weight excluding hydrogens is 434 g/mol. The van der Waals surface area contributed by atoms with Crippen LogP contribution in [0.15, 0.2) is 40.9 Å². The lowest BCUT2D eigenvalue weighted by Crippen LogP contribution is -2.25. The van der Waals surface area contributed by atoms with Crippen LogP contribution in [0.2, 0.25) is 0 Å². The summed E-state index contributed by atoms with van der Waals surface area (Å²) in [5, 5.41) is 7.61. The highest BCUT2D eigenvalue weighted by molar-refractivity contribution is 7.46. The molecule has 0 saturated carbocycles. The van der Waals surface area contributed by atoms with E-state index in [0.29, 0.717) is 17.1 Å². The third kappa shape index (κ3) is 4.78. The van der Waals surface area contributed by atoms with Crippen molar-refractivity contribution in [2.75, 3.05) is 18.1 Å². The van der Waals surface area contributed by atoms with Crippen molar-refractivity contribution in [3.8, 4) is 22.7 Å². The van der Waals surface area contributed by atoms with E-state index in [-0.39, 0.29) is 23.7 Å². The quantitative estimate of drug-likeness (QED) is 0.537. The number of rotatable bonds is 6. The van der Waals surface area contributed by atoms with Gasteiger partial charge in [0.2, 0.25) is 5.89 Å². The molecule has 0 bridgehead atoms. The zero-order valence-electron chi connectivity index (χ0n) is 16.0. The number of benzene rings is 1. The number of aromatic nitrogens is 3. The number of nitrogens with zero attached hydrogens (tertiary/aromatic N) is 4. The molecule has 1 fully saturated rings. The Hall–Kier alpha value is -3.18. The first-order chi connectivity index (χ1) is 14.7. The Morgan fingerprint density at radius 3 is 2.71 bits per heavy atom. The Bertz CT molecular complexity index is 1160. The van der Waals surface area contributed by atoms with E-state index in [1.807, 2.05) is 0 Å². The molecule has 11 nitrogen and oxygen atoms in total. The number of phosphoric acid groups is 1. The average Bonchev–Trinajstić information content (AvgIpc) is 3.31. The minimum absolute atomic E-state index is 0.0442. The number of phosphoric ester groups is 1. The van der Waals surface area contributed by atoms with Crippen LogP contribution in [0.25, 0.3) is 22.7 Å². The molecule has 1 aliphatic heterocycles. The molecule has 0 aliphatic carbocycles. The highest BCUT2D eigenvalue weighted by Gasteiger charge is 2.34. The molecule has 3 heterocycles. The molecule has 3 aromatic rings. The van der Waals surface area contributed by atoms with Crippen LogP contribution in [0.5, 0.6) is 0 Å². The van der Waals surface area contributed by atoms with E-state index in [0.717, 1.165) is 11.0 Å². The summed E-state index contributed by atoms with van der Waals surface area (Å²) in [5.41, 5.74) is 1.44. The fourth-order valence-electron chi connectivity index (χ4n) is 2.99. The smallest absolute Gasteiger partial charge is 0.441 e. The second kappa shape index (κ2) is 8.16. The number of anilines is 1. The van der Waals surface area contributed by atoms with Crippen LogP contribution in [0.4, 0.5) is 14.9 Å². The SMILES string of the molecule is Cc1nnc(-c2ccc(-c3ccc(N4C[C@H](COP(=O)(O)O)OC4=O)cc3F)cn2)o1. The van der Waals surface area contributed by atoms with Crippen molar-refractivity contribution >= 4 is 19.6 Å². The Balaban J connectivity index is 1.49. The van der Waals surface area contributed by atoms with Crippen molar-refractivity contribution in [1.82, 2.24) is 15.2 Å². The summed E-state index contributed by atoms with van der Waals surface area (Å²) in [5.74, 6) is 0.0617. The van der Waals surface area contributed by atoms with Crippen molar-refractivity contribution < 1.29 is 37.2 Å². The summed E-state index contributed by atoms with van der Waals surface area (Å²) < 4.78 is 40.2. The predicted octanol–water partition coefficient (Wildman–Crippen LogP) is 2.68. The first kappa shape index (κ1) is 21.1. The van der Waals surface area contributed by atoms with E-state index in [1.165, 1.54) is 18.3 Å². The van der Waals surface area contributed by atoms with Gasteiger partial charge in [-0.3, -0.25) is 14.4 Å². The second-order valence-electron chi connectivity index (χ2n) is 6.63. The molecule has 13 heteroatoms. The van der Waals surface area contributed by atoms with E-state index in [9.17, 15) is 13.8 Å². The maximum absolute atomic E-state index is 14.8. The fraction of sp³-hybridized carbons (Fsp3) is 0.222. The average molecular weight is 450 g/mol. The molecule has 0 spiro atoms. The first-order valence-corrected chi connectivity index (χ1v) is 10.5. The van der Waals surface area contributed by atoms with Crippen molar-refractivity contribution in [3.63, 3.8) is 0 Å². The first-order valence-electron chi connectivity index (χ1n) is 8.94. The van der Waals surface area contributed by atoms with Crippen LogP contribution in [0.3, 0.4) is 0 Å². The highest BCUT2D eigenvalue weighted by atomic mass is 31.2. The highest BCUT2D eigenvalue weighted by Crippen LogP contribution is 2.37. The Labute approximate surface area is 174 Å². The molecule has 1 aromatic carbocycles. The molecule has 1 amide bonds. The van der Waals surface area contributed by atoms with Gasteiger partial charge in [0, 0.05) is 24.2 Å². The molecular formula is C18H16FN4O7P. The Kier molecular flexibility index (Phi) is 5.54. The summed E-state index contributed by atoms with van der Waals surface area (Å²) in [6, 6.07) is 7.46. The number of cyclic esters (lactones) is 1. The lowest BCUT2D eigenvalue weighted by molar-refractivity contribution is 0.0880. The van der Waals surface area contributed by atoms with Crippen molar-refractivity contribution in [3.05, 3.63) is 48.2 Å². The summed E-state index contributed by atoms with van der Waals surface area (Å²) in [7, 11) is -4.69. The van der Waals surface area contributed by atoms with Crippen LogP contribution in [-0.2, 0) is 13.8 Å². The topological polar surface area (TPSA) is 148 Å². The van der Waals surface area contributed by atoms with Gasteiger partial charge >= 0.3 is 13.9 Å². The molecule has 2 aromatic heterocycles. The van der Waals surface area contributed by atoms with Gasteiger partial charge in [0.15, 0.2) is 0 Å². The van der Waals surface area contributed by atoms with Crippen LogP contribution in [-0.4, -0.2) is 50.3 Å². The second-order valence-corrected chi connectivity index (χ2v) is 7.86. The van der Waals surface area contributed by atoms with E-state index in [4.69, 9.17) is 18.9 Å². The molecule has 1 saturated heterocycles. The van der Waals surface area contributed by atoms with Gasteiger partial charge in [-0.1, -0.05) is 6.07 Å². The fourth-order valence-corrected chi connectivity index (χ4v) is 3.35. The number of aryl methyl sites for hydroxylation is 1. The third-order valence-corrected chi connectivity index (χ3v) is 4.87. The van der Waals surface area contributed by atoms with Gasteiger partial charge < -0.3 is 18.9 Å². The van der Waals surface area contributed by atoms with Gasteiger partial charge in [0.1, 0.15) is 17.6 Å². The van der Waals surface area contributed by atoms with Crippen molar-refractivity contribution in [1.29, 1.82) is 0 Å². The van der Waals surface area contributed by atoms with Gasteiger partial charge in [-0.15, -0.1) is 10.2 Å². The van der Waals surface area contributed by atoms with Gasteiger partial charge in [0.25, 0.3) is 5.89 Å². The molecule has 31 heavy (non-hydrogen) atoms. The van der Waals surface area contributed by atoms with Gasteiger partial charge in [-0.2, -0.15) is 0 Å². The monoisotopic (exact) mass is 450 g/mol. The minimum Gasteiger partial charge on any atom is -0.441 e. The van der Waals surface area contributed by atoms with E-state index >= 15 is 0 Å². The zero-order valence-corrected chi connectivity index (χ0v) is 16.9. The number of halogens is 1. The normalized spacial score (nSPS) is 16.6. The molecule has 1 atom stereocenters. The van der Waals surface area contributed by atoms with Crippen LogP contribution in [0, 0.1) is 12.7 Å². The molecule has 0 radical (unpaired) electrons. The maximum Gasteiger partial charge on any atom is 0.469 e. The number of carbonyl (C=O) groups is 1. The van der Waals surface area contributed by atoms with Crippen molar-refractivity contribution in [2.45, 2.75) is 13.0 Å². The number of amides is 1. The molecule has 2 N–H and O–H groups in total. The maximum atomic E-state index is 14.8. The van der Waals surface area contributed by atoms with Crippen LogP contribution < -0.4 is 4.90 Å². The van der Waals surface area contributed by atoms with Gasteiger partial charge in [-0.05, 0) is 24.3 Å².